The summed E-state index contributed by atoms with van der Waals surface area (Å²) in [7, 11) is 1.60. The van der Waals surface area contributed by atoms with Gasteiger partial charge in [-0.3, -0.25) is 4.79 Å². The number of aryl methyl sites for hydroxylation is 2. The van der Waals surface area contributed by atoms with Crippen LogP contribution in [0.3, 0.4) is 0 Å². The van der Waals surface area contributed by atoms with Crippen molar-refractivity contribution in [2.45, 2.75) is 33.2 Å². The number of nitrogens with one attached hydrogen (secondary N) is 1. The fourth-order valence-electron chi connectivity index (χ4n) is 2.52. The van der Waals surface area contributed by atoms with Gasteiger partial charge in [0.1, 0.15) is 17.0 Å². The molecule has 24 heavy (non-hydrogen) atoms. The van der Waals surface area contributed by atoms with Gasteiger partial charge in [0, 0.05) is 18.1 Å². The van der Waals surface area contributed by atoms with Crippen LogP contribution in [0.15, 0.2) is 27.1 Å². The van der Waals surface area contributed by atoms with Gasteiger partial charge in [0.25, 0.3) is 0 Å². The van der Waals surface area contributed by atoms with Crippen LogP contribution in [0.5, 0.6) is 5.75 Å². The molecule has 0 bridgehead atoms. The summed E-state index contributed by atoms with van der Waals surface area (Å²) in [5.41, 5.74) is 3.18. The monoisotopic (exact) mass is 329 g/mol. The molecule has 0 saturated heterocycles. The molecule has 0 atom stereocenters. The molecule has 1 aromatic carbocycles. The molecule has 3 rings (SSSR count). The largest absolute Gasteiger partial charge is 0.497 e. The van der Waals surface area contributed by atoms with E-state index in [-0.39, 0.29) is 12.5 Å². The first-order valence-electron chi connectivity index (χ1n) is 7.68. The van der Waals surface area contributed by atoms with E-state index < -0.39 is 0 Å². The number of nitrogens with zero attached hydrogens (tertiary/aromatic N) is 2. The molecule has 0 radical (unpaired) electrons. The number of hydrogen-bond acceptors (Lipinski definition) is 6. The Labute approximate surface area is 139 Å². The highest BCUT2D eigenvalue weighted by Crippen LogP contribution is 2.21. The Morgan fingerprint density at radius 3 is 2.88 bits per heavy atom. The zero-order valence-electron chi connectivity index (χ0n) is 13.9. The second-order valence-electron chi connectivity index (χ2n) is 5.52. The molecule has 3 aromatic rings. The molecule has 126 valence electrons. The molecule has 1 amide bonds. The highest BCUT2D eigenvalue weighted by Gasteiger charge is 2.12. The molecule has 2 aromatic heterocycles. The van der Waals surface area contributed by atoms with E-state index in [9.17, 15) is 4.79 Å². The van der Waals surface area contributed by atoms with Gasteiger partial charge >= 0.3 is 0 Å². The molecule has 1 N–H and O–H groups in total. The number of ether oxygens (including phenoxy) is 1. The zero-order valence-corrected chi connectivity index (χ0v) is 13.9. The number of fused-ring (bicyclic) bond motifs is 1. The van der Waals surface area contributed by atoms with E-state index in [1.54, 1.807) is 25.3 Å². The minimum absolute atomic E-state index is 0.0742. The van der Waals surface area contributed by atoms with E-state index in [0.717, 1.165) is 17.0 Å². The molecule has 0 fully saturated rings. The summed E-state index contributed by atoms with van der Waals surface area (Å²) in [6.45, 7) is 3.97. The van der Waals surface area contributed by atoms with Crippen LogP contribution in [0.2, 0.25) is 0 Å². The summed E-state index contributed by atoms with van der Waals surface area (Å²) in [6, 6.07) is 5.39. The minimum Gasteiger partial charge on any atom is -0.497 e. The van der Waals surface area contributed by atoms with Crippen molar-refractivity contribution in [1.82, 2.24) is 15.5 Å². The van der Waals surface area contributed by atoms with Gasteiger partial charge in [0.05, 0.1) is 19.3 Å². The SMILES string of the molecule is COc1ccc2oc(CNC(=O)CCc3c(C)noc3C)nc2c1. The molecule has 7 heteroatoms. The number of carbonyl (C=O) groups is 1. The maximum absolute atomic E-state index is 12.0. The molecule has 7 nitrogen and oxygen atoms in total. The van der Waals surface area contributed by atoms with Gasteiger partial charge in [-0.1, -0.05) is 5.16 Å². The van der Waals surface area contributed by atoms with Crippen molar-refractivity contribution in [3.05, 3.63) is 41.1 Å². The summed E-state index contributed by atoms with van der Waals surface area (Å²) in [6.07, 6.45) is 0.953. The predicted octanol–water partition coefficient (Wildman–Crippen LogP) is 2.69. The lowest BCUT2D eigenvalue weighted by Gasteiger charge is -2.02. The number of methoxy groups -OCH3 is 1. The van der Waals surface area contributed by atoms with Crippen LogP contribution in [-0.2, 0) is 17.8 Å². The standard InChI is InChI=1S/C17H19N3O4/c1-10-13(11(2)24-20-10)5-7-16(21)18-9-17-19-14-8-12(22-3)4-6-15(14)23-17/h4,6,8H,5,7,9H2,1-3H3,(H,18,21). The van der Waals surface area contributed by atoms with Crippen molar-refractivity contribution in [1.29, 1.82) is 0 Å². The number of carbonyl (C=O) groups excluding carboxylic acids is 1. The maximum Gasteiger partial charge on any atom is 0.220 e. The van der Waals surface area contributed by atoms with Gasteiger partial charge in [0.15, 0.2) is 5.58 Å². The second kappa shape index (κ2) is 6.74. The van der Waals surface area contributed by atoms with E-state index in [0.29, 0.717) is 35.6 Å². The third kappa shape index (κ3) is 3.40. The average Bonchev–Trinajstić information content (AvgIpc) is 3.13. The summed E-state index contributed by atoms with van der Waals surface area (Å²) >= 11 is 0. The van der Waals surface area contributed by atoms with E-state index >= 15 is 0 Å². The number of aromatic nitrogens is 2. The fraction of sp³-hybridized carbons (Fsp3) is 0.353. The second-order valence-corrected chi connectivity index (χ2v) is 5.52. The smallest absolute Gasteiger partial charge is 0.220 e. The average molecular weight is 329 g/mol. The lowest BCUT2D eigenvalue weighted by Crippen LogP contribution is -2.23. The molecule has 0 unspecified atom stereocenters. The van der Waals surface area contributed by atoms with E-state index in [1.165, 1.54) is 0 Å². The third-order valence-corrected chi connectivity index (χ3v) is 3.86. The van der Waals surface area contributed by atoms with Crippen molar-refractivity contribution in [3.8, 4) is 5.75 Å². The minimum atomic E-state index is -0.0742. The normalized spacial score (nSPS) is 11.0. The van der Waals surface area contributed by atoms with Crippen molar-refractivity contribution in [3.63, 3.8) is 0 Å². The van der Waals surface area contributed by atoms with Crippen LogP contribution in [0.25, 0.3) is 11.1 Å². The summed E-state index contributed by atoms with van der Waals surface area (Å²) in [5, 5.41) is 6.70. The van der Waals surface area contributed by atoms with Crippen molar-refractivity contribution >= 4 is 17.0 Å². The Morgan fingerprint density at radius 1 is 1.33 bits per heavy atom. The van der Waals surface area contributed by atoms with Crippen molar-refractivity contribution in [2.24, 2.45) is 0 Å². The first kappa shape index (κ1) is 16.0. The molecule has 0 aliphatic carbocycles. The molecule has 0 aliphatic rings. The molecule has 0 aliphatic heterocycles. The number of oxazole rings is 1. The lowest BCUT2D eigenvalue weighted by molar-refractivity contribution is -0.121. The van der Waals surface area contributed by atoms with Gasteiger partial charge in [-0.05, 0) is 32.4 Å². The first-order chi connectivity index (χ1) is 11.6. The quantitative estimate of drug-likeness (QED) is 0.748. The molecule has 0 saturated carbocycles. The van der Waals surface area contributed by atoms with Crippen LogP contribution < -0.4 is 10.1 Å². The Morgan fingerprint density at radius 2 is 2.17 bits per heavy atom. The Bertz CT molecular complexity index is 846. The van der Waals surface area contributed by atoms with Crippen molar-refractivity contribution < 1.29 is 18.5 Å². The number of amides is 1. The zero-order chi connectivity index (χ0) is 17.1. The van der Waals surface area contributed by atoms with Crippen LogP contribution >= 0.6 is 0 Å². The molecule has 0 spiro atoms. The molecule has 2 heterocycles. The van der Waals surface area contributed by atoms with Crippen LogP contribution in [0.4, 0.5) is 0 Å². The van der Waals surface area contributed by atoms with Crippen LogP contribution in [-0.4, -0.2) is 23.2 Å². The Kier molecular flexibility index (Phi) is 4.50. The van der Waals surface area contributed by atoms with Gasteiger partial charge in [-0.2, -0.15) is 0 Å². The fourth-order valence-corrected chi connectivity index (χ4v) is 2.52. The van der Waals surface area contributed by atoms with Gasteiger partial charge in [-0.25, -0.2) is 4.98 Å². The maximum atomic E-state index is 12.0. The van der Waals surface area contributed by atoms with Gasteiger partial charge in [0.2, 0.25) is 11.8 Å². The van der Waals surface area contributed by atoms with Crippen LogP contribution in [0, 0.1) is 13.8 Å². The Balaban J connectivity index is 1.56. The molecular formula is C17H19N3O4. The number of hydrogen-bond donors (Lipinski definition) is 1. The lowest BCUT2D eigenvalue weighted by atomic mass is 10.1. The first-order valence-corrected chi connectivity index (χ1v) is 7.68. The van der Waals surface area contributed by atoms with E-state index in [2.05, 4.69) is 15.5 Å². The Hall–Kier alpha value is -2.83. The summed E-state index contributed by atoms with van der Waals surface area (Å²) in [4.78, 5) is 16.3. The van der Waals surface area contributed by atoms with Crippen molar-refractivity contribution in [2.75, 3.05) is 7.11 Å². The summed E-state index contributed by atoms with van der Waals surface area (Å²) in [5.74, 6) is 1.86. The topological polar surface area (TPSA) is 90.4 Å². The van der Waals surface area contributed by atoms with E-state index in [1.807, 2.05) is 13.8 Å². The molecular weight excluding hydrogens is 310 g/mol. The highest BCUT2D eigenvalue weighted by atomic mass is 16.5. The van der Waals surface area contributed by atoms with Crippen LogP contribution in [0.1, 0.15) is 29.3 Å². The predicted molar refractivity (Wildman–Crippen MR) is 86.7 cm³/mol. The van der Waals surface area contributed by atoms with Gasteiger partial charge < -0.3 is 19.0 Å². The number of benzene rings is 1. The van der Waals surface area contributed by atoms with E-state index in [4.69, 9.17) is 13.7 Å². The third-order valence-electron chi connectivity index (χ3n) is 3.86. The highest BCUT2D eigenvalue weighted by molar-refractivity contribution is 5.77. The van der Waals surface area contributed by atoms with Gasteiger partial charge in [-0.15, -0.1) is 0 Å². The summed E-state index contributed by atoms with van der Waals surface area (Å²) < 4.78 is 15.8. The number of rotatable bonds is 6.